The van der Waals surface area contributed by atoms with Crippen LogP contribution in [0.15, 0.2) is 75.2 Å². The van der Waals surface area contributed by atoms with Gasteiger partial charge in [0.1, 0.15) is 23.1 Å². The van der Waals surface area contributed by atoms with Gasteiger partial charge in [0, 0.05) is 25.3 Å². The Kier molecular flexibility index (Phi) is 8.68. The first kappa shape index (κ1) is 25.9. The molecule has 6 nitrogen and oxygen atoms in total. The number of hydrogen-bond acceptors (Lipinski definition) is 6. The summed E-state index contributed by atoms with van der Waals surface area (Å²) in [4.78, 5) is 12.0. The molecule has 35 heavy (non-hydrogen) atoms. The Morgan fingerprint density at radius 2 is 1.89 bits per heavy atom. The predicted octanol–water partition coefficient (Wildman–Crippen LogP) is 7.54. The minimum absolute atomic E-state index is 0.00618. The molecule has 1 aromatic heterocycles. The zero-order chi connectivity index (χ0) is 24.9. The molecule has 0 amide bonds. The second kappa shape index (κ2) is 11.7. The molecule has 0 bridgehead atoms. The highest BCUT2D eigenvalue weighted by molar-refractivity contribution is 14.1. The molecule has 0 spiro atoms. The van der Waals surface area contributed by atoms with Gasteiger partial charge in [0.25, 0.3) is 5.22 Å². The summed E-state index contributed by atoms with van der Waals surface area (Å²) in [5.41, 5.74) is 1.58. The molecule has 11 heteroatoms. The number of aliphatic carboxylic acids is 1. The van der Waals surface area contributed by atoms with Gasteiger partial charge in [-0.2, -0.15) is 0 Å². The average molecular weight is 735 g/mol. The standard InChI is InChI=1S/C24H14ClFI2N2O4S/c25-16-7-5-13(6-8-16)22-29-30-24(34-22)35-20(23(31)32)10-15-9-17(27)11-19(28)21(15)33-12-14-3-1-2-4-18(14)26/h1-11H,12H2,(H,31,32)/b20-10-. The molecule has 0 aliphatic heterocycles. The Balaban J connectivity index is 1.62. The summed E-state index contributed by atoms with van der Waals surface area (Å²) >= 11 is 11.0. The Morgan fingerprint density at radius 1 is 1.14 bits per heavy atom. The summed E-state index contributed by atoms with van der Waals surface area (Å²) in [7, 11) is 0. The van der Waals surface area contributed by atoms with Crippen molar-refractivity contribution in [2.75, 3.05) is 0 Å². The average Bonchev–Trinajstić information content (AvgIpc) is 3.28. The van der Waals surface area contributed by atoms with Gasteiger partial charge < -0.3 is 14.3 Å². The Labute approximate surface area is 236 Å². The van der Waals surface area contributed by atoms with Crippen molar-refractivity contribution < 1.29 is 23.4 Å². The zero-order valence-corrected chi connectivity index (χ0v) is 23.4. The largest absolute Gasteiger partial charge is 0.487 e. The molecule has 0 atom stereocenters. The summed E-state index contributed by atoms with van der Waals surface area (Å²) in [6.45, 7) is -0.00618. The molecule has 0 saturated heterocycles. The molecule has 0 radical (unpaired) electrons. The highest BCUT2D eigenvalue weighted by Crippen LogP contribution is 2.35. The van der Waals surface area contributed by atoms with Gasteiger partial charge in [0.05, 0.1) is 3.57 Å². The van der Waals surface area contributed by atoms with E-state index in [-0.39, 0.29) is 28.4 Å². The van der Waals surface area contributed by atoms with Crippen LogP contribution in [0.3, 0.4) is 0 Å². The molecule has 4 rings (SSSR count). The smallest absolute Gasteiger partial charge is 0.342 e. The number of thioether (sulfide) groups is 1. The van der Waals surface area contributed by atoms with E-state index in [4.69, 9.17) is 20.8 Å². The van der Waals surface area contributed by atoms with Crippen LogP contribution in [0.5, 0.6) is 5.75 Å². The number of hydrogen-bond donors (Lipinski definition) is 1. The van der Waals surface area contributed by atoms with E-state index in [1.165, 1.54) is 12.1 Å². The van der Waals surface area contributed by atoms with E-state index in [0.717, 1.165) is 18.9 Å². The number of carboxylic acids is 1. The molecular weight excluding hydrogens is 721 g/mol. The number of benzene rings is 3. The first-order chi connectivity index (χ1) is 16.8. The third-order valence-electron chi connectivity index (χ3n) is 4.56. The molecule has 3 aromatic carbocycles. The Bertz CT molecular complexity index is 1410. The summed E-state index contributed by atoms with van der Waals surface area (Å²) in [6, 6.07) is 16.8. The van der Waals surface area contributed by atoms with E-state index in [2.05, 4.69) is 55.4 Å². The highest BCUT2D eigenvalue weighted by atomic mass is 127. The SMILES string of the molecule is O=C(O)/C(=C/c1cc(I)cc(I)c1OCc1ccccc1F)Sc1nnc(-c2ccc(Cl)cc2)o1. The van der Waals surface area contributed by atoms with E-state index in [9.17, 15) is 14.3 Å². The second-order valence-electron chi connectivity index (χ2n) is 6.98. The fourth-order valence-corrected chi connectivity index (χ4v) is 5.77. The quantitative estimate of drug-likeness (QED) is 0.114. The van der Waals surface area contributed by atoms with E-state index in [0.29, 0.717) is 27.5 Å². The number of nitrogens with zero attached hydrogens (tertiary/aromatic N) is 2. The minimum Gasteiger partial charge on any atom is -0.487 e. The molecule has 0 aliphatic rings. The van der Waals surface area contributed by atoms with Crippen molar-refractivity contribution in [2.24, 2.45) is 0 Å². The monoisotopic (exact) mass is 734 g/mol. The van der Waals surface area contributed by atoms with Crippen LogP contribution in [0.2, 0.25) is 5.02 Å². The van der Waals surface area contributed by atoms with Crippen molar-refractivity contribution in [3.8, 4) is 17.2 Å². The Morgan fingerprint density at radius 3 is 2.60 bits per heavy atom. The van der Waals surface area contributed by atoms with Crippen LogP contribution in [-0.2, 0) is 11.4 Å². The summed E-state index contributed by atoms with van der Waals surface area (Å²) in [5.74, 6) is -0.859. The number of aromatic nitrogens is 2. The van der Waals surface area contributed by atoms with Crippen LogP contribution in [-0.4, -0.2) is 21.3 Å². The number of carbonyl (C=O) groups is 1. The van der Waals surface area contributed by atoms with Crippen LogP contribution >= 0.6 is 68.5 Å². The lowest BCUT2D eigenvalue weighted by Crippen LogP contribution is -2.03. The normalized spacial score (nSPS) is 11.5. The predicted molar refractivity (Wildman–Crippen MR) is 149 cm³/mol. The van der Waals surface area contributed by atoms with Crippen molar-refractivity contribution in [3.63, 3.8) is 0 Å². The number of ether oxygens (including phenoxy) is 1. The van der Waals surface area contributed by atoms with Crippen molar-refractivity contribution in [1.82, 2.24) is 10.2 Å². The second-order valence-corrected chi connectivity index (χ2v) is 10.8. The van der Waals surface area contributed by atoms with Gasteiger partial charge in [0.2, 0.25) is 5.89 Å². The minimum atomic E-state index is -1.17. The molecule has 4 aromatic rings. The Hall–Kier alpha value is -2.16. The highest BCUT2D eigenvalue weighted by Gasteiger charge is 2.18. The summed E-state index contributed by atoms with van der Waals surface area (Å²) in [5, 5.41) is 18.4. The maximum Gasteiger partial charge on any atom is 0.342 e. The van der Waals surface area contributed by atoms with Crippen molar-refractivity contribution in [2.45, 2.75) is 11.8 Å². The van der Waals surface area contributed by atoms with Crippen LogP contribution in [0.1, 0.15) is 11.1 Å². The molecule has 1 N–H and O–H groups in total. The van der Waals surface area contributed by atoms with E-state index in [1.807, 2.05) is 6.07 Å². The fourth-order valence-electron chi connectivity index (χ4n) is 2.94. The number of halogens is 4. The van der Waals surface area contributed by atoms with Gasteiger partial charge in [-0.25, -0.2) is 9.18 Å². The van der Waals surface area contributed by atoms with Gasteiger partial charge in [0.15, 0.2) is 0 Å². The number of rotatable bonds is 8. The van der Waals surface area contributed by atoms with Crippen LogP contribution in [0.4, 0.5) is 4.39 Å². The van der Waals surface area contributed by atoms with Gasteiger partial charge in [-0.15, -0.1) is 10.2 Å². The van der Waals surface area contributed by atoms with E-state index < -0.39 is 5.97 Å². The lowest BCUT2D eigenvalue weighted by atomic mass is 10.2. The molecule has 0 saturated carbocycles. The van der Waals surface area contributed by atoms with E-state index in [1.54, 1.807) is 48.5 Å². The van der Waals surface area contributed by atoms with Gasteiger partial charge in [-0.3, -0.25) is 0 Å². The molecule has 178 valence electrons. The summed E-state index contributed by atoms with van der Waals surface area (Å²) in [6.07, 6.45) is 1.47. The summed E-state index contributed by atoms with van der Waals surface area (Å²) < 4.78 is 27.3. The maximum atomic E-state index is 14.1. The topological polar surface area (TPSA) is 85.5 Å². The molecule has 0 fully saturated rings. The third-order valence-corrected chi connectivity index (χ3v) is 7.09. The van der Waals surface area contributed by atoms with Crippen LogP contribution < -0.4 is 4.74 Å². The fraction of sp³-hybridized carbons (Fsp3) is 0.0417. The van der Waals surface area contributed by atoms with Crippen molar-refractivity contribution in [1.29, 1.82) is 0 Å². The first-order valence-electron chi connectivity index (χ1n) is 9.87. The van der Waals surface area contributed by atoms with Gasteiger partial charge in [-0.1, -0.05) is 29.8 Å². The third kappa shape index (κ3) is 6.74. The van der Waals surface area contributed by atoms with Gasteiger partial charge >= 0.3 is 5.97 Å². The van der Waals surface area contributed by atoms with Crippen molar-refractivity contribution >= 4 is 80.6 Å². The van der Waals surface area contributed by atoms with E-state index >= 15 is 0 Å². The zero-order valence-electron chi connectivity index (χ0n) is 17.5. The van der Waals surface area contributed by atoms with Gasteiger partial charge in [-0.05, 0) is 105 Å². The lowest BCUT2D eigenvalue weighted by Gasteiger charge is -2.13. The van der Waals surface area contributed by atoms with Crippen LogP contribution in [0, 0.1) is 13.0 Å². The first-order valence-corrected chi connectivity index (χ1v) is 13.2. The molecule has 1 heterocycles. The lowest BCUT2D eigenvalue weighted by molar-refractivity contribution is -0.131. The molecule has 0 aliphatic carbocycles. The maximum absolute atomic E-state index is 14.1. The van der Waals surface area contributed by atoms with Crippen LogP contribution in [0.25, 0.3) is 17.5 Å². The van der Waals surface area contributed by atoms with Crippen molar-refractivity contribution in [3.05, 3.63) is 94.7 Å². The molecular formula is C24H14ClFI2N2O4S. The molecule has 0 unspecified atom stereocenters. The number of carboxylic acid groups (broad SMARTS) is 1.